The molecule has 1 amide bonds. The fourth-order valence-electron chi connectivity index (χ4n) is 1.98. The molecule has 0 spiro atoms. The molecule has 0 unspecified atom stereocenters. The van der Waals surface area contributed by atoms with Crippen molar-refractivity contribution in [3.05, 3.63) is 41.6 Å². The van der Waals surface area contributed by atoms with Crippen LogP contribution in [0.1, 0.15) is 36.2 Å². The summed E-state index contributed by atoms with van der Waals surface area (Å²) in [6, 6.07) is 8.91. The van der Waals surface area contributed by atoms with E-state index in [4.69, 9.17) is 11.0 Å². The Labute approximate surface area is 129 Å². The minimum absolute atomic E-state index is 0.0987. The first kappa shape index (κ1) is 15.6. The van der Waals surface area contributed by atoms with Crippen LogP contribution in [0.25, 0.3) is 5.69 Å². The molecule has 2 aromatic rings. The van der Waals surface area contributed by atoms with Gasteiger partial charge in [0.05, 0.1) is 11.9 Å². The first-order chi connectivity index (χ1) is 10.5. The van der Waals surface area contributed by atoms with Gasteiger partial charge in [0.1, 0.15) is 17.5 Å². The lowest BCUT2D eigenvalue weighted by Gasteiger charge is -2.08. The van der Waals surface area contributed by atoms with E-state index in [1.807, 2.05) is 6.07 Å². The monoisotopic (exact) mass is 297 g/mol. The summed E-state index contributed by atoms with van der Waals surface area (Å²) < 4.78 is 1.47. The zero-order valence-electron chi connectivity index (χ0n) is 12.7. The summed E-state index contributed by atoms with van der Waals surface area (Å²) >= 11 is 0. The number of amides is 1. The van der Waals surface area contributed by atoms with Crippen LogP contribution in [0.4, 0.5) is 5.82 Å². The van der Waals surface area contributed by atoms with Gasteiger partial charge >= 0.3 is 0 Å². The number of benzene rings is 1. The molecule has 0 atom stereocenters. The number of nitrogens with one attached hydrogen (secondary N) is 1. The summed E-state index contributed by atoms with van der Waals surface area (Å²) in [5, 5.41) is 15.8. The first-order valence-corrected chi connectivity index (χ1v) is 7.15. The molecule has 3 N–H and O–H groups in total. The van der Waals surface area contributed by atoms with Crippen molar-refractivity contribution >= 4 is 11.7 Å². The summed E-state index contributed by atoms with van der Waals surface area (Å²) in [4.78, 5) is 12.0. The van der Waals surface area contributed by atoms with Crippen molar-refractivity contribution in [2.75, 3.05) is 12.3 Å². The molecule has 0 bridgehead atoms. The highest BCUT2D eigenvalue weighted by atomic mass is 16.1. The van der Waals surface area contributed by atoms with Crippen molar-refractivity contribution in [2.24, 2.45) is 5.92 Å². The molecule has 1 heterocycles. The Morgan fingerprint density at radius 2 is 2.09 bits per heavy atom. The van der Waals surface area contributed by atoms with Gasteiger partial charge in [0.15, 0.2) is 0 Å². The average molecular weight is 297 g/mol. The average Bonchev–Trinajstić information content (AvgIpc) is 2.88. The third kappa shape index (κ3) is 3.44. The molecule has 1 aromatic carbocycles. The van der Waals surface area contributed by atoms with E-state index < -0.39 is 0 Å². The molecule has 0 aliphatic rings. The molecule has 0 saturated carbocycles. The summed E-state index contributed by atoms with van der Waals surface area (Å²) in [7, 11) is 0. The van der Waals surface area contributed by atoms with Crippen molar-refractivity contribution in [2.45, 2.75) is 20.3 Å². The first-order valence-electron chi connectivity index (χ1n) is 7.15. The largest absolute Gasteiger partial charge is 0.382 e. The van der Waals surface area contributed by atoms with Gasteiger partial charge in [0, 0.05) is 12.1 Å². The van der Waals surface area contributed by atoms with E-state index >= 15 is 0 Å². The van der Waals surface area contributed by atoms with Crippen LogP contribution in [0, 0.1) is 17.2 Å². The lowest BCUT2D eigenvalue weighted by molar-refractivity contribution is 0.0952. The number of rotatable bonds is 5. The van der Waals surface area contributed by atoms with E-state index in [1.54, 1.807) is 24.3 Å². The SMILES string of the molecule is CC(C)CCNC(=O)c1ccc(-n2ncc(C#N)c2N)cc1. The maximum Gasteiger partial charge on any atom is 0.251 e. The van der Waals surface area contributed by atoms with Gasteiger partial charge in [0.25, 0.3) is 5.91 Å². The van der Waals surface area contributed by atoms with Gasteiger partial charge in [0.2, 0.25) is 0 Å². The molecule has 1 aromatic heterocycles. The predicted molar refractivity (Wildman–Crippen MR) is 84.5 cm³/mol. The summed E-state index contributed by atoms with van der Waals surface area (Å²) in [6.07, 6.45) is 2.37. The Morgan fingerprint density at radius 1 is 1.41 bits per heavy atom. The third-order valence-corrected chi connectivity index (χ3v) is 3.31. The van der Waals surface area contributed by atoms with Gasteiger partial charge < -0.3 is 11.1 Å². The Balaban J connectivity index is 2.08. The molecule has 6 heteroatoms. The minimum Gasteiger partial charge on any atom is -0.382 e. The van der Waals surface area contributed by atoms with Crippen molar-refractivity contribution in [1.82, 2.24) is 15.1 Å². The van der Waals surface area contributed by atoms with Crippen LogP contribution in [0.2, 0.25) is 0 Å². The van der Waals surface area contributed by atoms with Crippen molar-refractivity contribution in [3.8, 4) is 11.8 Å². The van der Waals surface area contributed by atoms with Crippen molar-refractivity contribution < 1.29 is 4.79 Å². The zero-order valence-corrected chi connectivity index (χ0v) is 12.7. The van der Waals surface area contributed by atoms with E-state index in [-0.39, 0.29) is 11.7 Å². The number of carbonyl (C=O) groups excluding carboxylic acids is 1. The molecular weight excluding hydrogens is 278 g/mol. The fraction of sp³-hybridized carbons (Fsp3) is 0.312. The standard InChI is InChI=1S/C16H19N5O/c1-11(2)7-8-19-16(22)12-3-5-14(6-4-12)21-15(18)13(9-17)10-20-21/h3-6,10-11H,7-8,18H2,1-2H3,(H,19,22). The Hall–Kier alpha value is -2.81. The van der Waals surface area contributed by atoms with E-state index in [9.17, 15) is 4.79 Å². The van der Waals surface area contributed by atoms with Crippen LogP contribution >= 0.6 is 0 Å². The van der Waals surface area contributed by atoms with E-state index in [0.29, 0.717) is 29.3 Å². The van der Waals surface area contributed by atoms with Crippen LogP contribution in [0.15, 0.2) is 30.5 Å². The van der Waals surface area contributed by atoms with E-state index in [2.05, 4.69) is 24.3 Å². The second-order valence-corrected chi connectivity index (χ2v) is 5.45. The van der Waals surface area contributed by atoms with Gasteiger partial charge in [-0.05, 0) is 36.6 Å². The zero-order chi connectivity index (χ0) is 16.1. The van der Waals surface area contributed by atoms with Crippen molar-refractivity contribution in [3.63, 3.8) is 0 Å². The Bertz CT molecular complexity index is 694. The highest BCUT2D eigenvalue weighted by Gasteiger charge is 2.10. The molecule has 6 nitrogen and oxygen atoms in total. The number of hydrogen-bond acceptors (Lipinski definition) is 4. The molecule has 0 aliphatic heterocycles. The van der Waals surface area contributed by atoms with Gasteiger partial charge in [-0.1, -0.05) is 13.8 Å². The van der Waals surface area contributed by atoms with Crippen LogP contribution in [0.3, 0.4) is 0 Å². The van der Waals surface area contributed by atoms with Crippen LogP contribution < -0.4 is 11.1 Å². The lowest BCUT2D eigenvalue weighted by atomic mass is 10.1. The second kappa shape index (κ2) is 6.76. The molecule has 0 fully saturated rings. The van der Waals surface area contributed by atoms with Crippen LogP contribution in [-0.4, -0.2) is 22.2 Å². The highest BCUT2D eigenvalue weighted by molar-refractivity contribution is 5.94. The van der Waals surface area contributed by atoms with Gasteiger partial charge in [-0.25, -0.2) is 4.68 Å². The summed E-state index contributed by atoms with van der Waals surface area (Å²) in [5.74, 6) is 0.745. The predicted octanol–water partition coefficient (Wildman–Crippen LogP) is 2.10. The minimum atomic E-state index is -0.0987. The molecular formula is C16H19N5O. The van der Waals surface area contributed by atoms with Gasteiger partial charge in [-0.2, -0.15) is 10.4 Å². The molecule has 0 radical (unpaired) electrons. The molecule has 0 saturated heterocycles. The maximum atomic E-state index is 12.0. The third-order valence-electron chi connectivity index (χ3n) is 3.31. The second-order valence-electron chi connectivity index (χ2n) is 5.45. The topological polar surface area (TPSA) is 96.7 Å². The van der Waals surface area contributed by atoms with Crippen LogP contribution in [0.5, 0.6) is 0 Å². The normalized spacial score (nSPS) is 10.5. The number of aromatic nitrogens is 2. The van der Waals surface area contributed by atoms with E-state index in [0.717, 1.165) is 6.42 Å². The van der Waals surface area contributed by atoms with Gasteiger partial charge in [-0.15, -0.1) is 0 Å². The Kier molecular flexibility index (Phi) is 4.79. The number of nitrogens with zero attached hydrogens (tertiary/aromatic N) is 3. The van der Waals surface area contributed by atoms with Gasteiger partial charge in [-0.3, -0.25) is 4.79 Å². The maximum absolute atomic E-state index is 12.0. The Morgan fingerprint density at radius 3 is 2.64 bits per heavy atom. The summed E-state index contributed by atoms with van der Waals surface area (Å²) in [5.41, 5.74) is 7.45. The summed E-state index contributed by atoms with van der Waals surface area (Å²) in [6.45, 7) is 4.89. The van der Waals surface area contributed by atoms with E-state index in [1.165, 1.54) is 10.9 Å². The smallest absolute Gasteiger partial charge is 0.251 e. The number of nitrogens with two attached hydrogens (primary N) is 1. The molecule has 2 rings (SSSR count). The molecule has 114 valence electrons. The quantitative estimate of drug-likeness (QED) is 0.883. The molecule has 22 heavy (non-hydrogen) atoms. The highest BCUT2D eigenvalue weighted by Crippen LogP contribution is 2.16. The number of hydrogen-bond donors (Lipinski definition) is 2. The number of nitrogen functional groups attached to an aromatic ring is 1. The number of carbonyl (C=O) groups is 1. The number of nitriles is 1. The van der Waals surface area contributed by atoms with Crippen molar-refractivity contribution in [1.29, 1.82) is 5.26 Å². The lowest BCUT2D eigenvalue weighted by Crippen LogP contribution is -2.25. The van der Waals surface area contributed by atoms with Crippen LogP contribution in [-0.2, 0) is 0 Å². The molecule has 0 aliphatic carbocycles. The number of anilines is 1. The fourth-order valence-corrected chi connectivity index (χ4v) is 1.98.